The number of alkyl halides is 3. The summed E-state index contributed by atoms with van der Waals surface area (Å²) in [5.41, 5.74) is -1.91. The van der Waals surface area contributed by atoms with Crippen LogP contribution < -0.4 is 4.74 Å². The van der Waals surface area contributed by atoms with Crippen LogP contribution in [0.1, 0.15) is 39.2 Å². The lowest BCUT2D eigenvalue weighted by atomic mass is 9.98. The van der Waals surface area contributed by atoms with Crippen molar-refractivity contribution in [1.29, 1.82) is 0 Å². The molecule has 1 aromatic carbocycles. The fraction of sp³-hybridized carbons (Fsp3) is 0.611. The molecule has 146 valence electrons. The Morgan fingerprint density at radius 3 is 2.35 bits per heavy atom. The molecular formula is C18H23F4NO3. The first-order valence-corrected chi connectivity index (χ1v) is 8.44. The number of hydrogen-bond donors (Lipinski definition) is 0. The van der Waals surface area contributed by atoms with E-state index in [1.54, 1.807) is 25.7 Å². The number of likely N-dealkylation sites (tertiary alicyclic amines) is 1. The molecule has 0 unspecified atom stereocenters. The van der Waals surface area contributed by atoms with E-state index in [0.717, 1.165) is 6.07 Å². The Morgan fingerprint density at radius 2 is 1.81 bits per heavy atom. The summed E-state index contributed by atoms with van der Waals surface area (Å²) in [6, 6.07) is 2.98. The van der Waals surface area contributed by atoms with E-state index in [1.165, 1.54) is 6.07 Å². The van der Waals surface area contributed by atoms with Gasteiger partial charge in [0.25, 0.3) is 0 Å². The molecule has 1 amide bonds. The topological polar surface area (TPSA) is 38.8 Å². The molecule has 0 aliphatic carbocycles. The third-order valence-corrected chi connectivity index (χ3v) is 4.01. The number of nitrogens with zero attached hydrogens (tertiary/aromatic N) is 1. The highest BCUT2D eigenvalue weighted by molar-refractivity contribution is 5.68. The number of carbonyl (C=O) groups is 1. The van der Waals surface area contributed by atoms with E-state index >= 15 is 0 Å². The minimum absolute atomic E-state index is 0.0302. The van der Waals surface area contributed by atoms with Crippen LogP contribution in [0.2, 0.25) is 0 Å². The van der Waals surface area contributed by atoms with Crippen LogP contribution in [0.15, 0.2) is 18.2 Å². The molecule has 1 aliphatic rings. The quantitative estimate of drug-likeness (QED) is 0.706. The van der Waals surface area contributed by atoms with Crippen molar-refractivity contribution >= 4 is 6.09 Å². The lowest BCUT2D eigenvalue weighted by molar-refractivity contribution is -0.140. The maximum Gasteiger partial charge on any atom is 0.419 e. The number of carbonyl (C=O) groups excluding carboxylic acids is 1. The average Bonchev–Trinajstić information content (AvgIpc) is 2.51. The number of benzene rings is 1. The molecule has 0 bridgehead atoms. The van der Waals surface area contributed by atoms with Gasteiger partial charge < -0.3 is 14.4 Å². The van der Waals surface area contributed by atoms with Crippen molar-refractivity contribution in [3.8, 4) is 5.75 Å². The van der Waals surface area contributed by atoms with Gasteiger partial charge in [0.2, 0.25) is 0 Å². The number of amides is 1. The second-order valence-corrected chi connectivity index (χ2v) is 7.34. The summed E-state index contributed by atoms with van der Waals surface area (Å²) in [5, 5.41) is 0. The summed E-state index contributed by atoms with van der Waals surface area (Å²) in [5.74, 6) is -1.77. The first-order chi connectivity index (χ1) is 12.0. The third-order valence-electron chi connectivity index (χ3n) is 4.01. The molecule has 1 fully saturated rings. The second-order valence-electron chi connectivity index (χ2n) is 7.34. The second kappa shape index (κ2) is 7.72. The van der Waals surface area contributed by atoms with Gasteiger partial charge in [0.1, 0.15) is 5.60 Å². The van der Waals surface area contributed by atoms with E-state index in [1.807, 2.05) is 0 Å². The van der Waals surface area contributed by atoms with E-state index < -0.39 is 28.9 Å². The van der Waals surface area contributed by atoms with Gasteiger partial charge in [-0.2, -0.15) is 13.2 Å². The van der Waals surface area contributed by atoms with Gasteiger partial charge in [-0.1, -0.05) is 6.07 Å². The fourth-order valence-electron chi connectivity index (χ4n) is 2.66. The summed E-state index contributed by atoms with van der Waals surface area (Å²) < 4.78 is 62.7. The molecule has 0 atom stereocenters. The van der Waals surface area contributed by atoms with Gasteiger partial charge in [0.15, 0.2) is 11.6 Å². The van der Waals surface area contributed by atoms with Gasteiger partial charge in [-0.15, -0.1) is 0 Å². The van der Waals surface area contributed by atoms with Crippen molar-refractivity contribution in [3.05, 3.63) is 29.6 Å². The SMILES string of the molecule is CC(C)(C)OC(=O)N1CCC(COc2cccc(C(F)(F)F)c2F)CC1. The summed E-state index contributed by atoms with van der Waals surface area (Å²) in [4.78, 5) is 13.6. The number of ether oxygens (including phenoxy) is 2. The normalized spacial score (nSPS) is 16.5. The Hall–Kier alpha value is -1.99. The molecule has 1 aliphatic heterocycles. The van der Waals surface area contributed by atoms with Gasteiger partial charge in [-0.3, -0.25) is 0 Å². The van der Waals surface area contributed by atoms with Crippen molar-refractivity contribution in [3.63, 3.8) is 0 Å². The van der Waals surface area contributed by atoms with Crippen LogP contribution in [0.5, 0.6) is 5.75 Å². The third kappa shape index (κ3) is 5.51. The number of piperidine rings is 1. The zero-order valence-electron chi connectivity index (χ0n) is 15.0. The lowest BCUT2D eigenvalue weighted by Crippen LogP contribution is -2.42. The van der Waals surface area contributed by atoms with Crippen LogP contribution in [0.25, 0.3) is 0 Å². The van der Waals surface area contributed by atoms with E-state index in [-0.39, 0.29) is 18.6 Å². The van der Waals surface area contributed by atoms with Crippen LogP contribution in [-0.2, 0) is 10.9 Å². The van der Waals surface area contributed by atoms with Crippen LogP contribution in [0, 0.1) is 11.7 Å². The Balaban J connectivity index is 1.87. The van der Waals surface area contributed by atoms with Crippen molar-refractivity contribution in [2.24, 2.45) is 5.92 Å². The Kier molecular flexibility index (Phi) is 6.03. The highest BCUT2D eigenvalue weighted by Gasteiger charge is 2.35. The van der Waals surface area contributed by atoms with E-state index in [2.05, 4.69) is 0 Å². The molecular weight excluding hydrogens is 354 g/mol. The lowest BCUT2D eigenvalue weighted by Gasteiger charge is -2.33. The Morgan fingerprint density at radius 1 is 1.19 bits per heavy atom. The number of rotatable bonds is 3. The molecule has 1 saturated heterocycles. The fourth-order valence-corrected chi connectivity index (χ4v) is 2.66. The maximum atomic E-state index is 13.9. The Labute approximate surface area is 150 Å². The Bertz CT molecular complexity index is 632. The molecule has 26 heavy (non-hydrogen) atoms. The van der Waals surface area contributed by atoms with Crippen molar-refractivity contribution in [2.75, 3.05) is 19.7 Å². The van der Waals surface area contributed by atoms with Crippen LogP contribution in [0.4, 0.5) is 22.4 Å². The number of halogens is 4. The van der Waals surface area contributed by atoms with Gasteiger partial charge in [0, 0.05) is 13.1 Å². The molecule has 1 heterocycles. The summed E-state index contributed by atoms with van der Waals surface area (Å²) in [6.07, 6.45) is -3.93. The molecule has 0 saturated carbocycles. The summed E-state index contributed by atoms with van der Waals surface area (Å²) in [6.45, 7) is 6.39. The monoisotopic (exact) mass is 377 g/mol. The minimum atomic E-state index is -4.76. The first-order valence-electron chi connectivity index (χ1n) is 8.44. The highest BCUT2D eigenvalue weighted by atomic mass is 19.4. The highest BCUT2D eigenvalue weighted by Crippen LogP contribution is 2.35. The van der Waals surface area contributed by atoms with Gasteiger partial charge in [0.05, 0.1) is 12.2 Å². The van der Waals surface area contributed by atoms with Gasteiger partial charge >= 0.3 is 12.3 Å². The standard InChI is InChI=1S/C18H23F4NO3/c1-17(2,3)26-16(24)23-9-7-12(8-10-23)11-25-14-6-4-5-13(15(14)19)18(20,21)22/h4-6,12H,7-11H2,1-3H3. The zero-order chi connectivity index (χ0) is 19.5. The van der Waals surface area contributed by atoms with Crippen molar-refractivity contribution in [1.82, 2.24) is 4.90 Å². The maximum absolute atomic E-state index is 13.9. The minimum Gasteiger partial charge on any atom is -0.490 e. The van der Waals surface area contributed by atoms with Crippen molar-refractivity contribution < 1.29 is 31.8 Å². The molecule has 2 rings (SSSR count). The summed E-state index contributed by atoms with van der Waals surface area (Å²) >= 11 is 0. The van der Waals surface area contributed by atoms with Gasteiger partial charge in [-0.05, 0) is 51.7 Å². The predicted octanol–water partition coefficient (Wildman–Crippen LogP) is 4.87. The van der Waals surface area contributed by atoms with E-state index in [0.29, 0.717) is 32.0 Å². The largest absolute Gasteiger partial charge is 0.490 e. The predicted molar refractivity (Wildman–Crippen MR) is 87.4 cm³/mol. The van der Waals surface area contributed by atoms with Crippen LogP contribution in [0.3, 0.4) is 0 Å². The molecule has 4 nitrogen and oxygen atoms in total. The van der Waals surface area contributed by atoms with Crippen LogP contribution in [-0.4, -0.2) is 36.3 Å². The first kappa shape index (κ1) is 20.3. The van der Waals surface area contributed by atoms with Crippen molar-refractivity contribution in [2.45, 2.75) is 45.4 Å². The van der Waals surface area contributed by atoms with E-state index in [4.69, 9.17) is 9.47 Å². The van der Waals surface area contributed by atoms with Crippen LogP contribution >= 0.6 is 0 Å². The molecule has 0 radical (unpaired) electrons. The van der Waals surface area contributed by atoms with E-state index in [9.17, 15) is 22.4 Å². The van der Waals surface area contributed by atoms with Gasteiger partial charge in [-0.25, -0.2) is 9.18 Å². The zero-order valence-corrected chi connectivity index (χ0v) is 15.0. The summed E-state index contributed by atoms with van der Waals surface area (Å²) in [7, 11) is 0. The average molecular weight is 377 g/mol. The molecule has 8 heteroatoms. The molecule has 0 aromatic heterocycles. The smallest absolute Gasteiger partial charge is 0.419 e. The molecule has 0 spiro atoms. The number of hydrogen-bond acceptors (Lipinski definition) is 3. The molecule has 0 N–H and O–H groups in total. The molecule has 1 aromatic rings.